The Labute approximate surface area is 97.3 Å². The Morgan fingerprint density at radius 3 is 2.88 bits per heavy atom. The van der Waals surface area contributed by atoms with Crippen LogP contribution in [0.25, 0.3) is 0 Å². The van der Waals surface area contributed by atoms with Crippen LogP contribution >= 0.6 is 11.8 Å². The quantitative estimate of drug-likeness (QED) is 0.807. The van der Waals surface area contributed by atoms with Gasteiger partial charge in [0.2, 0.25) is 5.91 Å². The van der Waals surface area contributed by atoms with Gasteiger partial charge in [0.15, 0.2) is 0 Å². The van der Waals surface area contributed by atoms with Crippen molar-refractivity contribution < 1.29 is 14.7 Å². The third-order valence-electron chi connectivity index (χ3n) is 1.75. The number of aromatic nitrogens is 1. The molecule has 0 saturated heterocycles. The van der Waals surface area contributed by atoms with Crippen molar-refractivity contribution in [3.63, 3.8) is 0 Å². The average Bonchev–Trinajstić information content (AvgIpc) is 2.21. The molecule has 0 spiro atoms. The summed E-state index contributed by atoms with van der Waals surface area (Å²) in [5.41, 5.74) is 1.58. The summed E-state index contributed by atoms with van der Waals surface area (Å²) in [6.45, 7) is 1.84. The van der Waals surface area contributed by atoms with Crippen LogP contribution in [0.15, 0.2) is 18.5 Å². The van der Waals surface area contributed by atoms with Crippen LogP contribution < -0.4 is 5.32 Å². The highest BCUT2D eigenvalue weighted by atomic mass is 32.2. The fourth-order valence-electron chi connectivity index (χ4n) is 1.03. The van der Waals surface area contributed by atoms with Crippen molar-refractivity contribution >= 4 is 29.3 Å². The monoisotopic (exact) mass is 240 g/mol. The van der Waals surface area contributed by atoms with E-state index in [1.807, 2.05) is 6.92 Å². The SMILES string of the molecule is Cc1cnccc1NC(=O)CSCC(=O)O. The number of carboxylic acid groups (broad SMARTS) is 1. The Morgan fingerprint density at radius 1 is 1.50 bits per heavy atom. The Balaban J connectivity index is 2.40. The average molecular weight is 240 g/mol. The molecule has 6 heteroatoms. The lowest BCUT2D eigenvalue weighted by molar-refractivity contribution is -0.133. The number of carbonyl (C=O) groups excluding carboxylic acids is 1. The van der Waals surface area contributed by atoms with Crippen molar-refractivity contribution in [3.8, 4) is 0 Å². The fourth-order valence-corrected chi connectivity index (χ4v) is 1.57. The maximum absolute atomic E-state index is 11.4. The molecule has 1 aromatic rings. The number of rotatable bonds is 5. The number of thioether (sulfide) groups is 1. The number of aliphatic carboxylic acids is 1. The van der Waals surface area contributed by atoms with Crippen LogP contribution in [0.2, 0.25) is 0 Å². The zero-order valence-electron chi connectivity index (χ0n) is 8.77. The lowest BCUT2D eigenvalue weighted by Crippen LogP contribution is -2.16. The second-order valence-corrected chi connectivity index (χ2v) is 4.11. The third kappa shape index (κ3) is 4.31. The van der Waals surface area contributed by atoms with Gasteiger partial charge in [0.25, 0.3) is 0 Å². The van der Waals surface area contributed by atoms with Crippen LogP contribution in [0.3, 0.4) is 0 Å². The molecule has 0 atom stereocenters. The molecule has 1 heterocycles. The molecule has 16 heavy (non-hydrogen) atoms. The highest BCUT2D eigenvalue weighted by molar-refractivity contribution is 8.00. The van der Waals surface area contributed by atoms with Gasteiger partial charge in [0.1, 0.15) is 0 Å². The van der Waals surface area contributed by atoms with E-state index in [0.29, 0.717) is 5.69 Å². The number of hydrogen-bond donors (Lipinski definition) is 2. The number of nitrogens with one attached hydrogen (secondary N) is 1. The van der Waals surface area contributed by atoms with Gasteiger partial charge in [0, 0.05) is 18.1 Å². The first-order valence-corrected chi connectivity index (χ1v) is 5.75. The van der Waals surface area contributed by atoms with E-state index in [9.17, 15) is 9.59 Å². The van der Waals surface area contributed by atoms with Crippen LogP contribution in [-0.2, 0) is 9.59 Å². The Bertz CT molecular complexity index is 395. The molecule has 0 aliphatic heterocycles. The minimum absolute atomic E-state index is 0.0667. The summed E-state index contributed by atoms with van der Waals surface area (Å²) < 4.78 is 0. The predicted molar refractivity (Wildman–Crippen MR) is 62.6 cm³/mol. The van der Waals surface area contributed by atoms with Gasteiger partial charge < -0.3 is 10.4 Å². The van der Waals surface area contributed by atoms with Crippen molar-refractivity contribution in [2.24, 2.45) is 0 Å². The molecule has 5 nitrogen and oxygen atoms in total. The van der Waals surface area contributed by atoms with Gasteiger partial charge in [-0.3, -0.25) is 14.6 Å². The van der Waals surface area contributed by atoms with Crippen molar-refractivity contribution in [2.45, 2.75) is 6.92 Å². The van der Waals surface area contributed by atoms with Crippen molar-refractivity contribution in [3.05, 3.63) is 24.0 Å². The Morgan fingerprint density at radius 2 is 2.25 bits per heavy atom. The molecule has 0 radical (unpaired) electrons. The summed E-state index contributed by atoms with van der Waals surface area (Å²) in [7, 11) is 0. The standard InChI is InChI=1S/C10H12N2O3S/c1-7-4-11-3-2-8(7)12-9(13)5-16-6-10(14)15/h2-4H,5-6H2,1H3,(H,14,15)(H,11,12,13). The number of aryl methyl sites for hydroxylation is 1. The number of pyridine rings is 1. The lowest BCUT2D eigenvalue weighted by atomic mass is 10.2. The zero-order valence-corrected chi connectivity index (χ0v) is 9.58. The summed E-state index contributed by atoms with van der Waals surface area (Å²) in [4.78, 5) is 25.5. The fraction of sp³-hybridized carbons (Fsp3) is 0.300. The number of amides is 1. The number of hydrogen-bond acceptors (Lipinski definition) is 4. The summed E-state index contributed by atoms with van der Waals surface area (Å²) in [6.07, 6.45) is 3.24. The van der Waals surface area contributed by atoms with E-state index in [1.54, 1.807) is 18.5 Å². The van der Waals surface area contributed by atoms with E-state index in [-0.39, 0.29) is 17.4 Å². The number of carbonyl (C=O) groups is 2. The first-order valence-electron chi connectivity index (χ1n) is 4.59. The summed E-state index contributed by atoms with van der Waals surface area (Å²) in [5, 5.41) is 11.1. The third-order valence-corrected chi connectivity index (χ3v) is 2.67. The van der Waals surface area contributed by atoms with Gasteiger partial charge in [-0.1, -0.05) is 0 Å². The van der Waals surface area contributed by atoms with E-state index >= 15 is 0 Å². The molecule has 1 aromatic heterocycles. The molecule has 2 N–H and O–H groups in total. The number of carboxylic acids is 1. The van der Waals surface area contributed by atoms with E-state index in [1.165, 1.54) is 0 Å². The molecule has 1 rings (SSSR count). The highest BCUT2D eigenvalue weighted by Crippen LogP contribution is 2.12. The molecular weight excluding hydrogens is 228 g/mol. The second kappa shape index (κ2) is 6.12. The van der Waals surface area contributed by atoms with E-state index in [2.05, 4.69) is 10.3 Å². The predicted octanol–water partition coefficient (Wildman–Crippen LogP) is 1.15. The minimum Gasteiger partial charge on any atom is -0.481 e. The summed E-state index contributed by atoms with van der Waals surface area (Å²) in [6, 6.07) is 1.70. The number of anilines is 1. The van der Waals surface area contributed by atoms with Crippen LogP contribution in [0.5, 0.6) is 0 Å². The van der Waals surface area contributed by atoms with Gasteiger partial charge in [-0.05, 0) is 18.6 Å². The topological polar surface area (TPSA) is 79.3 Å². The van der Waals surface area contributed by atoms with Crippen molar-refractivity contribution in [1.29, 1.82) is 0 Å². The van der Waals surface area contributed by atoms with Crippen LogP contribution in [0, 0.1) is 6.92 Å². The van der Waals surface area contributed by atoms with E-state index < -0.39 is 5.97 Å². The normalized spacial score (nSPS) is 9.81. The van der Waals surface area contributed by atoms with Crippen LogP contribution in [0.1, 0.15) is 5.56 Å². The second-order valence-electron chi connectivity index (χ2n) is 3.13. The smallest absolute Gasteiger partial charge is 0.313 e. The van der Waals surface area contributed by atoms with Gasteiger partial charge in [-0.2, -0.15) is 0 Å². The summed E-state index contributed by atoms with van der Waals surface area (Å²) in [5.74, 6) is -1.06. The molecule has 0 fully saturated rings. The molecule has 0 aliphatic carbocycles. The van der Waals surface area contributed by atoms with Crippen molar-refractivity contribution in [2.75, 3.05) is 16.8 Å². The van der Waals surface area contributed by atoms with Crippen molar-refractivity contribution in [1.82, 2.24) is 4.98 Å². The van der Waals surface area contributed by atoms with Gasteiger partial charge in [0.05, 0.1) is 11.5 Å². The molecule has 1 amide bonds. The summed E-state index contributed by atoms with van der Waals surface area (Å²) >= 11 is 1.07. The first kappa shape index (κ1) is 12.5. The van der Waals surface area contributed by atoms with Gasteiger partial charge in [-0.25, -0.2) is 0 Å². The molecule has 0 unspecified atom stereocenters. The van der Waals surface area contributed by atoms with Gasteiger partial charge in [-0.15, -0.1) is 11.8 Å². The highest BCUT2D eigenvalue weighted by Gasteiger charge is 2.05. The molecule has 0 aromatic carbocycles. The molecule has 0 aliphatic rings. The maximum atomic E-state index is 11.4. The van der Waals surface area contributed by atoms with E-state index in [4.69, 9.17) is 5.11 Å². The van der Waals surface area contributed by atoms with Gasteiger partial charge >= 0.3 is 5.97 Å². The minimum atomic E-state index is -0.919. The van der Waals surface area contributed by atoms with E-state index in [0.717, 1.165) is 17.3 Å². The molecule has 0 bridgehead atoms. The first-order chi connectivity index (χ1) is 7.59. The van der Waals surface area contributed by atoms with Crippen LogP contribution in [0.4, 0.5) is 5.69 Å². The van der Waals surface area contributed by atoms with Crippen LogP contribution in [-0.4, -0.2) is 33.5 Å². The maximum Gasteiger partial charge on any atom is 0.313 e. The number of nitrogens with zero attached hydrogens (tertiary/aromatic N) is 1. The Hall–Kier alpha value is -1.56. The molecule has 86 valence electrons. The zero-order chi connectivity index (χ0) is 12.0. The molecular formula is C10H12N2O3S. The molecule has 0 saturated carbocycles. The lowest BCUT2D eigenvalue weighted by Gasteiger charge is -2.06. The Kier molecular flexibility index (Phi) is 4.78. The largest absolute Gasteiger partial charge is 0.481 e.